The smallest absolute Gasteiger partial charge is 0.340 e. The van der Waals surface area contributed by atoms with Crippen LogP contribution in [0.25, 0.3) is 0 Å². The first-order chi connectivity index (χ1) is 13.2. The van der Waals surface area contributed by atoms with Crippen LogP contribution in [-0.4, -0.2) is 29.7 Å². The molecular formula is C20H20N4O3. The molecule has 1 aromatic heterocycles. The van der Waals surface area contributed by atoms with Crippen LogP contribution < -0.4 is 15.4 Å². The van der Waals surface area contributed by atoms with Crippen LogP contribution in [0.15, 0.2) is 60.9 Å². The highest BCUT2D eigenvalue weighted by Gasteiger charge is 2.12. The number of nitrogens with zero attached hydrogens (tertiary/aromatic N) is 2. The molecule has 0 aliphatic carbocycles. The molecule has 27 heavy (non-hydrogen) atoms. The molecule has 0 aliphatic rings. The van der Waals surface area contributed by atoms with Crippen molar-refractivity contribution in [2.45, 2.75) is 6.92 Å². The molecule has 1 heterocycles. The quantitative estimate of drug-likeness (QED) is 0.609. The summed E-state index contributed by atoms with van der Waals surface area (Å²) in [5.41, 5.74) is 1.90. The molecule has 7 nitrogen and oxygen atoms in total. The second-order valence-electron chi connectivity index (χ2n) is 5.54. The highest BCUT2D eigenvalue weighted by Crippen LogP contribution is 2.24. The van der Waals surface area contributed by atoms with Gasteiger partial charge in [0, 0.05) is 17.8 Å². The van der Waals surface area contributed by atoms with E-state index in [1.165, 1.54) is 6.33 Å². The van der Waals surface area contributed by atoms with Crippen molar-refractivity contribution in [1.29, 1.82) is 0 Å². The Morgan fingerprint density at radius 2 is 1.78 bits per heavy atom. The zero-order chi connectivity index (χ0) is 19.1. The predicted octanol–water partition coefficient (Wildman–Crippen LogP) is 4.15. The van der Waals surface area contributed by atoms with Gasteiger partial charge >= 0.3 is 5.97 Å². The molecule has 3 aromatic rings. The fraction of sp³-hybridized carbons (Fsp3) is 0.150. The first kappa shape index (κ1) is 18.2. The molecule has 3 rings (SSSR count). The van der Waals surface area contributed by atoms with Crippen LogP contribution in [0.5, 0.6) is 5.75 Å². The van der Waals surface area contributed by atoms with Crippen LogP contribution in [0.1, 0.15) is 17.3 Å². The summed E-state index contributed by atoms with van der Waals surface area (Å²) in [5, 5.41) is 6.34. The van der Waals surface area contributed by atoms with Crippen molar-refractivity contribution >= 4 is 29.0 Å². The van der Waals surface area contributed by atoms with Crippen LogP contribution in [0.3, 0.4) is 0 Å². The average molecular weight is 364 g/mol. The van der Waals surface area contributed by atoms with E-state index in [2.05, 4.69) is 20.6 Å². The molecule has 0 radical (unpaired) electrons. The van der Waals surface area contributed by atoms with Crippen molar-refractivity contribution < 1.29 is 14.3 Å². The number of benzene rings is 2. The zero-order valence-corrected chi connectivity index (χ0v) is 15.1. The lowest BCUT2D eigenvalue weighted by atomic mass is 10.2. The first-order valence-electron chi connectivity index (χ1n) is 8.46. The van der Waals surface area contributed by atoms with Gasteiger partial charge in [-0.25, -0.2) is 14.8 Å². The number of hydrogen-bond acceptors (Lipinski definition) is 7. The fourth-order valence-electron chi connectivity index (χ4n) is 2.46. The number of carbonyl (C=O) groups is 1. The Hall–Kier alpha value is -3.61. The molecule has 0 saturated heterocycles. The van der Waals surface area contributed by atoms with Crippen molar-refractivity contribution in [3.8, 4) is 5.75 Å². The van der Waals surface area contributed by atoms with Crippen LogP contribution in [0.4, 0.5) is 23.0 Å². The first-order valence-corrected chi connectivity index (χ1v) is 8.46. The zero-order valence-electron chi connectivity index (χ0n) is 15.1. The number of carbonyl (C=O) groups excluding carboxylic acids is 1. The third-order valence-corrected chi connectivity index (χ3v) is 3.69. The minimum atomic E-state index is -0.385. The van der Waals surface area contributed by atoms with Crippen molar-refractivity contribution in [1.82, 2.24) is 9.97 Å². The highest BCUT2D eigenvalue weighted by atomic mass is 16.5. The van der Waals surface area contributed by atoms with Crippen molar-refractivity contribution in [3.63, 3.8) is 0 Å². The van der Waals surface area contributed by atoms with E-state index in [1.54, 1.807) is 38.3 Å². The fourth-order valence-corrected chi connectivity index (χ4v) is 2.46. The van der Waals surface area contributed by atoms with Gasteiger partial charge in [0.2, 0.25) is 0 Å². The maximum absolute atomic E-state index is 12.1. The second kappa shape index (κ2) is 8.66. The van der Waals surface area contributed by atoms with Gasteiger partial charge in [0.25, 0.3) is 0 Å². The Labute approximate surface area is 157 Å². The molecule has 0 bridgehead atoms. The molecule has 0 fully saturated rings. The van der Waals surface area contributed by atoms with E-state index in [4.69, 9.17) is 9.47 Å². The van der Waals surface area contributed by atoms with Crippen LogP contribution in [-0.2, 0) is 4.74 Å². The van der Waals surface area contributed by atoms with Gasteiger partial charge in [0.05, 0.1) is 25.0 Å². The van der Waals surface area contributed by atoms with E-state index in [-0.39, 0.29) is 5.97 Å². The molecule has 2 N–H and O–H groups in total. The molecule has 0 unspecified atom stereocenters. The number of rotatable bonds is 7. The average Bonchev–Trinajstić information content (AvgIpc) is 2.69. The lowest BCUT2D eigenvalue weighted by Gasteiger charge is -2.12. The molecule has 0 atom stereocenters. The highest BCUT2D eigenvalue weighted by molar-refractivity contribution is 5.96. The summed E-state index contributed by atoms with van der Waals surface area (Å²) in [7, 11) is 1.62. The van der Waals surface area contributed by atoms with E-state index >= 15 is 0 Å². The van der Waals surface area contributed by atoms with Gasteiger partial charge in [-0.3, -0.25) is 0 Å². The number of hydrogen-bond donors (Lipinski definition) is 2. The summed E-state index contributed by atoms with van der Waals surface area (Å²) in [6.45, 7) is 2.09. The Bertz CT molecular complexity index is 930. The molecular weight excluding hydrogens is 344 g/mol. The molecule has 138 valence electrons. The second-order valence-corrected chi connectivity index (χ2v) is 5.54. The molecule has 0 aliphatic heterocycles. The van der Waals surface area contributed by atoms with Crippen LogP contribution in [0, 0.1) is 0 Å². The monoisotopic (exact) mass is 364 g/mol. The molecule has 0 spiro atoms. The molecule has 0 saturated carbocycles. The summed E-state index contributed by atoms with van der Waals surface area (Å²) in [5.74, 6) is 1.52. The van der Waals surface area contributed by atoms with Crippen LogP contribution >= 0.6 is 0 Å². The maximum Gasteiger partial charge on any atom is 0.340 e. The van der Waals surface area contributed by atoms with Crippen molar-refractivity contribution in [2.24, 2.45) is 0 Å². The number of para-hydroxylation sites is 1. The number of methoxy groups -OCH3 is 1. The minimum absolute atomic E-state index is 0.315. The van der Waals surface area contributed by atoms with Crippen molar-refractivity contribution in [3.05, 3.63) is 66.5 Å². The van der Waals surface area contributed by atoms with Gasteiger partial charge in [0.1, 0.15) is 23.7 Å². The summed E-state index contributed by atoms with van der Waals surface area (Å²) in [4.78, 5) is 20.5. The third-order valence-electron chi connectivity index (χ3n) is 3.69. The van der Waals surface area contributed by atoms with Gasteiger partial charge in [0.15, 0.2) is 0 Å². The van der Waals surface area contributed by atoms with Gasteiger partial charge in [-0.05, 0) is 31.2 Å². The van der Waals surface area contributed by atoms with Crippen molar-refractivity contribution in [2.75, 3.05) is 24.4 Å². The van der Waals surface area contributed by atoms with Gasteiger partial charge in [-0.15, -0.1) is 0 Å². The lowest BCUT2D eigenvalue weighted by Crippen LogP contribution is -2.08. The topological polar surface area (TPSA) is 85.4 Å². The van der Waals surface area contributed by atoms with Gasteiger partial charge < -0.3 is 20.1 Å². The van der Waals surface area contributed by atoms with E-state index in [0.717, 1.165) is 11.4 Å². The Balaban J connectivity index is 1.79. The number of nitrogens with one attached hydrogen (secondary N) is 2. The van der Waals surface area contributed by atoms with E-state index in [1.807, 2.05) is 30.3 Å². The van der Waals surface area contributed by atoms with Gasteiger partial charge in [-0.2, -0.15) is 0 Å². The summed E-state index contributed by atoms with van der Waals surface area (Å²) < 4.78 is 10.3. The van der Waals surface area contributed by atoms with Gasteiger partial charge in [-0.1, -0.05) is 18.2 Å². The molecule has 0 amide bonds. The standard InChI is InChI=1S/C20H20N4O3/c1-3-27-20(25)16-9-4-5-10-17(16)24-19-12-18(21-13-22-19)23-14-7-6-8-15(11-14)26-2/h4-13H,3H2,1-2H3,(H2,21,22,23,24). The number of esters is 1. The Kier molecular flexibility index (Phi) is 5.84. The summed E-state index contributed by atoms with van der Waals surface area (Å²) in [6.07, 6.45) is 1.44. The number of ether oxygens (including phenoxy) is 2. The third kappa shape index (κ3) is 4.72. The summed E-state index contributed by atoms with van der Waals surface area (Å²) in [6, 6.07) is 16.4. The summed E-state index contributed by atoms with van der Waals surface area (Å²) >= 11 is 0. The minimum Gasteiger partial charge on any atom is -0.497 e. The predicted molar refractivity (Wildman–Crippen MR) is 104 cm³/mol. The van der Waals surface area contributed by atoms with E-state index < -0.39 is 0 Å². The number of aromatic nitrogens is 2. The SMILES string of the molecule is CCOC(=O)c1ccccc1Nc1cc(Nc2cccc(OC)c2)ncn1. The number of anilines is 4. The molecule has 2 aromatic carbocycles. The van der Waals surface area contributed by atoms with E-state index in [0.29, 0.717) is 29.5 Å². The lowest BCUT2D eigenvalue weighted by molar-refractivity contribution is 0.0527. The Morgan fingerprint density at radius 3 is 2.56 bits per heavy atom. The maximum atomic E-state index is 12.1. The molecule has 7 heteroatoms. The normalized spacial score (nSPS) is 10.1. The van der Waals surface area contributed by atoms with E-state index in [9.17, 15) is 4.79 Å². The largest absolute Gasteiger partial charge is 0.497 e. The Morgan fingerprint density at radius 1 is 1.00 bits per heavy atom. The van der Waals surface area contributed by atoms with Crippen LogP contribution in [0.2, 0.25) is 0 Å².